The summed E-state index contributed by atoms with van der Waals surface area (Å²) in [6.45, 7) is 10.2. The minimum absolute atomic E-state index is 0.370. The smallest absolute Gasteiger partial charge is 0.128 e. The molecular formula is C17H29NO3. The molecule has 0 bridgehead atoms. The van der Waals surface area contributed by atoms with Crippen molar-refractivity contribution in [2.75, 3.05) is 27.3 Å². The zero-order chi connectivity index (χ0) is 16.0. The fraction of sp³-hybridized carbons (Fsp3) is 0.647. The van der Waals surface area contributed by atoms with Crippen molar-refractivity contribution in [2.24, 2.45) is 0 Å². The van der Waals surface area contributed by atoms with E-state index in [4.69, 9.17) is 9.47 Å². The van der Waals surface area contributed by atoms with Crippen LogP contribution in [0, 0.1) is 0 Å². The molecule has 0 aromatic heterocycles. The monoisotopic (exact) mass is 295 g/mol. The van der Waals surface area contributed by atoms with E-state index in [1.807, 2.05) is 18.2 Å². The molecule has 0 saturated carbocycles. The predicted octanol–water partition coefficient (Wildman–Crippen LogP) is 3.25. The Morgan fingerprint density at radius 3 is 1.90 bits per heavy atom. The quantitative estimate of drug-likeness (QED) is 0.799. The Morgan fingerprint density at radius 2 is 1.57 bits per heavy atom. The number of aliphatic hydroxyl groups excluding tert-OH is 1. The van der Waals surface area contributed by atoms with Gasteiger partial charge in [0.15, 0.2) is 0 Å². The lowest BCUT2D eigenvalue weighted by molar-refractivity contribution is -0.0234. The van der Waals surface area contributed by atoms with Gasteiger partial charge in [-0.3, -0.25) is 4.90 Å². The van der Waals surface area contributed by atoms with Crippen LogP contribution in [0.4, 0.5) is 0 Å². The van der Waals surface area contributed by atoms with Gasteiger partial charge in [-0.15, -0.1) is 0 Å². The number of ether oxygens (including phenoxy) is 2. The van der Waals surface area contributed by atoms with Crippen LogP contribution in [0.15, 0.2) is 18.2 Å². The number of methoxy groups -OCH3 is 2. The zero-order valence-electron chi connectivity index (χ0n) is 14.1. The van der Waals surface area contributed by atoms with Gasteiger partial charge >= 0.3 is 0 Å². The Morgan fingerprint density at radius 1 is 1.10 bits per heavy atom. The molecule has 0 amide bonds. The van der Waals surface area contributed by atoms with E-state index in [1.54, 1.807) is 14.2 Å². The molecule has 0 saturated heterocycles. The van der Waals surface area contributed by atoms with Gasteiger partial charge in [0.25, 0.3) is 0 Å². The van der Waals surface area contributed by atoms with E-state index in [-0.39, 0.29) is 5.54 Å². The molecule has 120 valence electrons. The second kappa shape index (κ2) is 7.66. The second-order valence-electron chi connectivity index (χ2n) is 5.36. The highest BCUT2D eigenvalue weighted by molar-refractivity contribution is 5.47. The molecule has 4 nitrogen and oxygen atoms in total. The summed E-state index contributed by atoms with van der Waals surface area (Å²) in [6.07, 6.45) is 0.144. The van der Waals surface area contributed by atoms with Crippen molar-refractivity contribution in [1.29, 1.82) is 0 Å². The molecule has 4 heteroatoms. The van der Waals surface area contributed by atoms with Gasteiger partial charge in [-0.05, 0) is 38.6 Å². The molecule has 0 heterocycles. The zero-order valence-corrected chi connectivity index (χ0v) is 14.1. The molecular weight excluding hydrogens is 266 g/mol. The van der Waals surface area contributed by atoms with Gasteiger partial charge in [-0.2, -0.15) is 0 Å². The molecule has 2 atom stereocenters. The highest BCUT2D eigenvalue weighted by Crippen LogP contribution is 2.42. The number of benzene rings is 1. The Balaban J connectivity index is 3.36. The first-order valence-corrected chi connectivity index (χ1v) is 7.64. The van der Waals surface area contributed by atoms with Crippen LogP contribution in [0.1, 0.15) is 45.8 Å². The van der Waals surface area contributed by atoms with Crippen LogP contribution in [0.3, 0.4) is 0 Å². The molecule has 21 heavy (non-hydrogen) atoms. The molecule has 1 aromatic rings. The van der Waals surface area contributed by atoms with E-state index in [0.29, 0.717) is 11.5 Å². The fourth-order valence-corrected chi connectivity index (χ4v) is 3.00. The van der Waals surface area contributed by atoms with Gasteiger partial charge in [-0.1, -0.05) is 26.8 Å². The maximum Gasteiger partial charge on any atom is 0.128 e. The van der Waals surface area contributed by atoms with Crippen molar-refractivity contribution in [3.63, 3.8) is 0 Å². The van der Waals surface area contributed by atoms with E-state index in [2.05, 4.69) is 32.6 Å². The van der Waals surface area contributed by atoms with Crippen molar-refractivity contribution in [2.45, 2.75) is 45.8 Å². The minimum atomic E-state index is -0.687. The number of hydrogen-bond donors (Lipinski definition) is 1. The third kappa shape index (κ3) is 3.33. The average molecular weight is 295 g/mol. The van der Waals surface area contributed by atoms with Crippen LogP contribution in [-0.4, -0.2) is 42.9 Å². The maximum absolute atomic E-state index is 11.1. The lowest BCUT2D eigenvalue weighted by Crippen LogP contribution is -2.50. The van der Waals surface area contributed by atoms with Crippen molar-refractivity contribution < 1.29 is 14.6 Å². The molecule has 0 aliphatic carbocycles. The Hall–Kier alpha value is -1.26. The van der Waals surface area contributed by atoms with Gasteiger partial charge in [0.2, 0.25) is 0 Å². The number of aliphatic hydroxyl groups is 1. The minimum Gasteiger partial charge on any atom is -0.496 e. The van der Waals surface area contributed by atoms with E-state index in [1.165, 1.54) is 0 Å². The van der Waals surface area contributed by atoms with Crippen LogP contribution < -0.4 is 9.47 Å². The van der Waals surface area contributed by atoms with Crippen LogP contribution in [0.25, 0.3) is 0 Å². The van der Waals surface area contributed by atoms with E-state index in [0.717, 1.165) is 25.1 Å². The van der Waals surface area contributed by atoms with E-state index < -0.39 is 6.10 Å². The summed E-state index contributed by atoms with van der Waals surface area (Å²) in [5, 5.41) is 11.1. The Kier molecular flexibility index (Phi) is 6.49. The summed E-state index contributed by atoms with van der Waals surface area (Å²) in [5.41, 5.74) is 0.351. The largest absolute Gasteiger partial charge is 0.496 e. The molecule has 0 aliphatic rings. The highest BCUT2D eigenvalue weighted by atomic mass is 16.5. The third-order valence-corrected chi connectivity index (χ3v) is 4.53. The first kappa shape index (κ1) is 17.8. The summed E-state index contributed by atoms with van der Waals surface area (Å²) in [5.74, 6) is 1.32. The summed E-state index contributed by atoms with van der Waals surface area (Å²) in [4.78, 5) is 2.28. The number of hydrogen-bond acceptors (Lipinski definition) is 4. The van der Waals surface area contributed by atoms with Crippen LogP contribution >= 0.6 is 0 Å². The first-order chi connectivity index (χ1) is 9.99. The van der Waals surface area contributed by atoms with Crippen LogP contribution in [0.2, 0.25) is 0 Å². The summed E-state index contributed by atoms with van der Waals surface area (Å²) in [6, 6.07) is 5.59. The highest BCUT2D eigenvalue weighted by Gasteiger charge is 2.39. The van der Waals surface area contributed by atoms with Gasteiger partial charge < -0.3 is 14.6 Å². The van der Waals surface area contributed by atoms with E-state index in [9.17, 15) is 5.11 Å². The average Bonchev–Trinajstić information content (AvgIpc) is 2.53. The summed E-state index contributed by atoms with van der Waals surface area (Å²) in [7, 11) is 3.23. The summed E-state index contributed by atoms with van der Waals surface area (Å²) >= 11 is 0. The third-order valence-electron chi connectivity index (χ3n) is 4.53. The van der Waals surface area contributed by atoms with E-state index >= 15 is 0 Å². The number of rotatable bonds is 8. The SMILES string of the molecule is CCN(CC)C(C)(CC)C(O)c1c(OC)cccc1OC. The van der Waals surface area contributed by atoms with Gasteiger partial charge in [-0.25, -0.2) is 0 Å². The molecule has 0 aliphatic heterocycles. The van der Waals surface area contributed by atoms with Gasteiger partial charge in [0.1, 0.15) is 17.6 Å². The lowest BCUT2D eigenvalue weighted by atomic mass is 9.84. The summed E-state index contributed by atoms with van der Waals surface area (Å²) < 4.78 is 10.9. The van der Waals surface area contributed by atoms with Crippen molar-refractivity contribution in [1.82, 2.24) is 4.90 Å². The maximum atomic E-state index is 11.1. The van der Waals surface area contributed by atoms with Crippen molar-refractivity contribution in [3.05, 3.63) is 23.8 Å². The molecule has 1 aromatic carbocycles. The van der Waals surface area contributed by atoms with Crippen LogP contribution in [0.5, 0.6) is 11.5 Å². The number of likely N-dealkylation sites (N-methyl/N-ethyl adjacent to an activating group) is 1. The normalized spacial score (nSPS) is 15.6. The Labute approximate surface area is 128 Å². The predicted molar refractivity (Wildman–Crippen MR) is 86.1 cm³/mol. The van der Waals surface area contributed by atoms with Gasteiger partial charge in [0, 0.05) is 5.54 Å². The standard InChI is InChI=1S/C17H29NO3/c1-7-17(4,18(8-2)9-3)16(19)15-13(20-5)11-10-12-14(15)21-6/h10-12,16,19H,7-9H2,1-6H3. The lowest BCUT2D eigenvalue weighted by Gasteiger charge is -2.44. The Bertz CT molecular complexity index is 423. The fourth-order valence-electron chi connectivity index (χ4n) is 3.00. The molecule has 0 radical (unpaired) electrons. The van der Waals surface area contributed by atoms with Crippen molar-refractivity contribution >= 4 is 0 Å². The number of nitrogens with zero attached hydrogens (tertiary/aromatic N) is 1. The first-order valence-electron chi connectivity index (χ1n) is 7.64. The molecule has 1 N–H and O–H groups in total. The van der Waals surface area contributed by atoms with Crippen molar-refractivity contribution in [3.8, 4) is 11.5 Å². The molecule has 1 rings (SSSR count). The second-order valence-corrected chi connectivity index (χ2v) is 5.36. The molecule has 2 unspecified atom stereocenters. The van der Waals surface area contributed by atoms with Gasteiger partial charge in [0.05, 0.1) is 19.8 Å². The molecule has 0 spiro atoms. The van der Waals surface area contributed by atoms with Crippen LogP contribution in [-0.2, 0) is 0 Å². The topological polar surface area (TPSA) is 41.9 Å². The molecule has 0 fully saturated rings.